The second kappa shape index (κ2) is 10.4. The minimum absolute atomic E-state index is 0.144. The molecule has 0 saturated carbocycles. The lowest BCUT2D eigenvalue weighted by Crippen LogP contribution is -2.26. The summed E-state index contributed by atoms with van der Waals surface area (Å²) in [7, 11) is 1.64. The molecule has 1 atom stereocenters. The lowest BCUT2D eigenvalue weighted by atomic mass is 9.72. The number of anilines is 1. The molecule has 2 aromatic heterocycles. The molecule has 7 nitrogen and oxygen atoms in total. The van der Waals surface area contributed by atoms with E-state index in [-0.39, 0.29) is 17.1 Å². The van der Waals surface area contributed by atoms with Crippen molar-refractivity contribution in [3.8, 4) is 23.2 Å². The number of carbonyl (C=O) groups is 1. The van der Waals surface area contributed by atoms with E-state index in [0.717, 1.165) is 42.0 Å². The molecule has 1 amide bonds. The molecule has 0 bridgehead atoms. The number of fused-ring (bicyclic) bond motifs is 1. The number of aromatic nitrogens is 3. The molecule has 0 aliphatic heterocycles. The molecule has 0 unspecified atom stereocenters. The van der Waals surface area contributed by atoms with Gasteiger partial charge < -0.3 is 14.6 Å². The van der Waals surface area contributed by atoms with E-state index in [9.17, 15) is 10.1 Å². The van der Waals surface area contributed by atoms with Gasteiger partial charge in [-0.15, -0.1) is 21.5 Å². The van der Waals surface area contributed by atoms with Gasteiger partial charge in [-0.05, 0) is 67.3 Å². The fourth-order valence-corrected chi connectivity index (χ4v) is 6.55. The number of ether oxygens (including phenoxy) is 1. The van der Waals surface area contributed by atoms with Crippen LogP contribution in [0.2, 0.25) is 0 Å². The highest BCUT2D eigenvalue weighted by Gasteiger charge is 2.32. The standard InChI is InChI=1S/C26H31N5O2S2/c1-6-31-23(16-7-10-18(33-5)11-8-16)29-30-25(31)34-15-22(32)28-24-20(14-27)19-12-9-17(26(2,3)4)13-21(19)35-24/h7-8,10-11,17H,6,9,12-13,15H2,1-5H3,(H,28,32)/t17-/m0/s1. The van der Waals surface area contributed by atoms with Crippen molar-refractivity contribution in [1.29, 1.82) is 5.26 Å². The van der Waals surface area contributed by atoms with Crippen LogP contribution in [0.15, 0.2) is 29.4 Å². The molecule has 9 heteroatoms. The molecule has 0 radical (unpaired) electrons. The van der Waals surface area contributed by atoms with E-state index in [2.05, 4.69) is 42.4 Å². The van der Waals surface area contributed by atoms with Gasteiger partial charge in [-0.25, -0.2) is 0 Å². The molecule has 2 heterocycles. The fraction of sp³-hybridized carbons (Fsp3) is 0.462. The first-order valence-electron chi connectivity index (χ1n) is 11.8. The summed E-state index contributed by atoms with van der Waals surface area (Å²) in [5, 5.41) is 22.8. The smallest absolute Gasteiger partial charge is 0.235 e. The number of nitriles is 1. The van der Waals surface area contributed by atoms with Crippen molar-refractivity contribution < 1.29 is 9.53 Å². The summed E-state index contributed by atoms with van der Waals surface area (Å²) in [5.41, 5.74) is 2.92. The molecule has 0 saturated heterocycles. The third kappa shape index (κ3) is 5.39. The average molecular weight is 510 g/mol. The van der Waals surface area contributed by atoms with E-state index in [1.807, 2.05) is 35.8 Å². The second-order valence-corrected chi connectivity index (χ2v) is 11.8. The maximum Gasteiger partial charge on any atom is 0.235 e. The zero-order valence-electron chi connectivity index (χ0n) is 20.8. The van der Waals surface area contributed by atoms with Crippen LogP contribution >= 0.6 is 23.1 Å². The third-order valence-corrected chi connectivity index (χ3v) is 8.70. The van der Waals surface area contributed by atoms with Crippen LogP contribution in [-0.4, -0.2) is 33.5 Å². The summed E-state index contributed by atoms with van der Waals surface area (Å²) in [4.78, 5) is 14.1. The maximum absolute atomic E-state index is 12.8. The quantitative estimate of drug-likeness (QED) is 0.405. The lowest BCUT2D eigenvalue weighted by molar-refractivity contribution is -0.113. The van der Waals surface area contributed by atoms with Crippen molar-refractivity contribution in [2.75, 3.05) is 18.2 Å². The highest BCUT2D eigenvalue weighted by molar-refractivity contribution is 7.99. The predicted octanol–water partition coefficient (Wildman–Crippen LogP) is 5.79. The van der Waals surface area contributed by atoms with Crippen molar-refractivity contribution in [2.45, 2.75) is 58.7 Å². The molecule has 1 aromatic carbocycles. The Morgan fingerprint density at radius 2 is 2.06 bits per heavy atom. The highest BCUT2D eigenvalue weighted by Crippen LogP contribution is 2.44. The molecule has 3 aromatic rings. The number of nitrogens with one attached hydrogen (secondary N) is 1. The normalized spacial score (nSPS) is 15.4. The van der Waals surface area contributed by atoms with Crippen LogP contribution in [0.25, 0.3) is 11.4 Å². The molecule has 4 rings (SSSR count). The van der Waals surface area contributed by atoms with Crippen molar-refractivity contribution in [3.63, 3.8) is 0 Å². The van der Waals surface area contributed by atoms with Crippen LogP contribution < -0.4 is 10.1 Å². The number of rotatable bonds is 7. The summed E-state index contributed by atoms with van der Waals surface area (Å²) >= 11 is 2.91. The molecule has 1 aliphatic carbocycles. The lowest BCUT2D eigenvalue weighted by Gasteiger charge is -2.33. The topological polar surface area (TPSA) is 92.8 Å². The Morgan fingerprint density at radius 3 is 2.69 bits per heavy atom. The van der Waals surface area contributed by atoms with Crippen LogP contribution in [-0.2, 0) is 24.2 Å². The summed E-state index contributed by atoms with van der Waals surface area (Å²) in [6.07, 6.45) is 2.94. The van der Waals surface area contributed by atoms with Gasteiger partial charge in [0.25, 0.3) is 0 Å². The number of methoxy groups -OCH3 is 1. The molecule has 0 fully saturated rings. The number of thioether (sulfide) groups is 1. The van der Waals surface area contributed by atoms with Crippen molar-refractivity contribution in [2.24, 2.45) is 11.3 Å². The van der Waals surface area contributed by atoms with E-state index in [1.165, 1.54) is 16.6 Å². The molecule has 1 N–H and O–H groups in total. The molecular weight excluding hydrogens is 478 g/mol. The van der Waals surface area contributed by atoms with Crippen molar-refractivity contribution >= 4 is 34.0 Å². The van der Waals surface area contributed by atoms with Gasteiger partial charge in [0.15, 0.2) is 11.0 Å². The summed E-state index contributed by atoms with van der Waals surface area (Å²) in [5.74, 6) is 2.17. The Morgan fingerprint density at radius 1 is 1.31 bits per heavy atom. The minimum atomic E-state index is -0.144. The number of amides is 1. The average Bonchev–Trinajstić information content (AvgIpc) is 3.41. The Hall–Kier alpha value is -2.83. The van der Waals surface area contributed by atoms with E-state index in [0.29, 0.717) is 28.2 Å². The summed E-state index contributed by atoms with van der Waals surface area (Å²) < 4.78 is 7.23. The zero-order chi connectivity index (χ0) is 25.2. The van der Waals surface area contributed by atoms with Crippen LogP contribution in [0.4, 0.5) is 5.00 Å². The van der Waals surface area contributed by atoms with Gasteiger partial charge in [0.1, 0.15) is 16.8 Å². The number of carbonyl (C=O) groups excluding carboxylic acids is 1. The maximum atomic E-state index is 12.8. The first-order valence-corrected chi connectivity index (χ1v) is 13.6. The fourth-order valence-electron chi connectivity index (χ4n) is 4.46. The number of hydrogen-bond acceptors (Lipinski definition) is 7. The van der Waals surface area contributed by atoms with Gasteiger partial charge in [-0.1, -0.05) is 32.5 Å². The van der Waals surface area contributed by atoms with Gasteiger partial charge in [0.2, 0.25) is 5.91 Å². The van der Waals surface area contributed by atoms with Gasteiger partial charge in [-0.3, -0.25) is 4.79 Å². The summed E-state index contributed by atoms with van der Waals surface area (Å²) in [6.45, 7) is 9.54. The van der Waals surface area contributed by atoms with Crippen molar-refractivity contribution in [1.82, 2.24) is 14.8 Å². The third-order valence-electron chi connectivity index (χ3n) is 6.57. The Kier molecular flexibility index (Phi) is 7.53. The minimum Gasteiger partial charge on any atom is -0.497 e. The first-order chi connectivity index (χ1) is 16.7. The summed E-state index contributed by atoms with van der Waals surface area (Å²) in [6, 6.07) is 10.0. The Balaban J connectivity index is 1.44. The Bertz CT molecular complexity index is 1250. The zero-order valence-corrected chi connectivity index (χ0v) is 22.5. The monoisotopic (exact) mass is 509 g/mol. The second-order valence-electron chi connectivity index (χ2n) is 9.74. The molecule has 1 aliphatic rings. The van der Waals surface area contributed by atoms with Gasteiger partial charge in [-0.2, -0.15) is 5.26 Å². The highest BCUT2D eigenvalue weighted by atomic mass is 32.2. The van der Waals surface area contributed by atoms with Crippen LogP contribution in [0.1, 0.15) is 50.1 Å². The van der Waals surface area contributed by atoms with E-state index in [4.69, 9.17) is 4.74 Å². The number of hydrogen-bond donors (Lipinski definition) is 1. The van der Waals surface area contributed by atoms with Crippen LogP contribution in [0.5, 0.6) is 5.75 Å². The largest absolute Gasteiger partial charge is 0.497 e. The van der Waals surface area contributed by atoms with Crippen LogP contribution in [0.3, 0.4) is 0 Å². The first kappa shape index (κ1) is 25.3. The predicted molar refractivity (Wildman–Crippen MR) is 141 cm³/mol. The van der Waals surface area contributed by atoms with Crippen molar-refractivity contribution in [3.05, 3.63) is 40.3 Å². The number of thiophene rings is 1. The molecule has 0 spiro atoms. The van der Waals surface area contributed by atoms with Crippen LogP contribution in [0, 0.1) is 22.7 Å². The Labute approximate surface area is 214 Å². The van der Waals surface area contributed by atoms with E-state index >= 15 is 0 Å². The van der Waals surface area contributed by atoms with Gasteiger partial charge in [0.05, 0.1) is 18.4 Å². The molecule has 35 heavy (non-hydrogen) atoms. The van der Waals surface area contributed by atoms with E-state index < -0.39 is 0 Å². The molecular formula is C26H31N5O2S2. The van der Waals surface area contributed by atoms with Gasteiger partial charge in [0, 0.05) is 17.0 Å². The van der Waals surface area contributed by atoms with Gasteiger partial charge >= 0.3 is 0 Å². The molecule has 184 valence electrons. The number of nitrogens with zero attached hydrogens (tertiary/aromatic N) is 4. The SMILES string of the molecule is CCn1c(SCC(=O)Nc2sc3c(c2C#N)CC[C@H](C(C)(C)C)C3)nnc1-c1ccc(OC)cc1. The number of benzene rings is 1. The van der Waals surface area contributed by atoms with E-state index in [1.54, 1.807) is 18.4 Å².